The van der Waals surface area contributed by atoms with Crippen LogP contribution in [0.25, 0.3) is 0 Å². The Bertz CT molecular complexity index is 108. The molecule has 0 rings (SSSR count). The van der Waals surface area contributed by atoms with E-state index in [-0.39, 0.29) is 0 Å². The summed E-state index contributed by atoms with van der Waals surface area (Å²) in [7, 11) is 0. The summed E-state index contributed by atoms with van der Waals surface area (Å²) in [6, 6.07) is 0. The Kier molecular flexibility index (Phi) is 6.45. The molecule has 0 aliphatic rings. The van der Waals surface area contributed by atoms with Gasteiger partial charge in [0.1, 0.15) is 0 Å². The van der Waals surface area contributed by atoms with Crippen LogP contribution in [0.1, 0.15) is 73.1 Å². The molecule has 0 nitrogen and oxygen atoms in total. The van der Waals surface area contributed by atoms with Gasteiger partial charge in [0.05, 0.1) is 0 Å². The molecule has 1 atom stereocenters. The van der Waals surface area contributed by atoms with E-state index in [0.29, 0.717) is 5.41 Å². The summed E-state index contributed by atoms with van der Waals surface area (Å²) in [6.07, 6.45) is 8.41. The van der Waals surface area contributed by atoms with Crippen molar-refractivity contribution in [2.24, 2.45) is 11.3 Å². The molecule has 0 aliphatic carbocycles. The molecule has 0 spiro atoms. The van der Waals surface area contributed by atoms with E-state index in [1.54, 1.807) is 0 Å². The zero-order valence-corrected chi connectivity index (χ0v) is 10.3. The maximum absolute atomic E-state index is 2.34. The van der Waals surface area contributed by atoms with E-state index in [0.717, 1.165) is 5.92 Å². The minimum atomic E-state index is 0.532. The van der Waals surface area contributed by atoms with Crippen molar-refractivity contribution in [3.63, 3.8) is 0 Å². The van der Waals surface area contributed by atoms with Gasteiger partial charge in [-0.05, 0) is 17.8 Å². The second-order valence-electron chi connectivity index (χ2n) is 5.52. The lowest BCUT2D eigenvalue weighted by Crippen LogP contribution is -2.06. The van der Waals surface area contributed by atoms with Gasteiger partial charge in [0.25, 0.3) is 0 Å². The van der Waals surface area contributed by atoms with E-state index < -0.39 is 0 Å². The molecule has 0 aliphatic heterocycles. The van der Waals surface area contributed by atoms with Crippen LogP contribution in [0.4, 0.5) is 0 Å². The van der Waals surface area contributed by atoms with E-state index in [4.69, 9.17) is 0 Å². The Morgan fingerprint density at radius 3 is 2.00 bits per heavy atom. The van der Waals surface area contributed by atoms with E-state index >= 15 is 0 Å². The van der Waals surface area contributed by atoms with Crippen LogP contribution in [0.2, 0.25) is 0 Å². The summed E-state index contributed by atoms with van der Waals surface area (Å²) in [6.45, 7) is 11.7. The molecule has 0 aromatic rings. The van der Waals surface area contributed by atoms with Gasteiger partial charge in [-0.15, -0.1) is 0 Å². The van der Waals surface area contributed by atoms with Gasteiger partial charge in [0, 0.05) is 0 Å². The van der Waals surface area contributed by atoms with Crippen molar-refractivity contribution < 1.29 is 0 Å². The highest BCUT2D eigenvalue weighted by molar-refractivity contribution is 4.64. The fraction of sp³-hybridized carbons (Fsp3) is 1.00. The van der Waals surface area contributed by atoms with E-state index in [2.05, 4.69) is 34.6 Å². The van der Waals surface area contributed by atoms with Crippen molar-refractivity contribution in [1.29, 1.82) is 0 Å². The van der Waals surface area contributed by atoms with Crippen molar-refractivity contribution in [3.8, 4) is 0 Å². The van der Waals surface area contributed by atoms with Crippen LogP contribution < -0.4 is 0 Å². The number of rotatable bonds is 6. The SMILES string of the molecule is CCCC(CC)CCCC(C)(C)C. The lowest BCUT2D eigenvalue weighted by Gasteiger charge is -2.20. The van der Waals surface area contributed by atoms with Crippen molar-refractivity contribution in [3.05, 3.63) is 0 Å². The average Bonchev–Trinajstić information content (AvgIpc) is 2.01. The molecular weight excluding hydrogens is 156 g/mol. The van der Waals surface area contributed by atoms with Crippen molar-refractivity contribution in [2.75, 3.05) is 0 Å². The molecule has 1 unspecified atom stereocenters. The predicted molar refractivity (Wildman–Crippen MR) is 62.0 cm³/mol. The summed E-state index contributed by atoms with van der Waals surface area (Å²) in [5.41, 5.74) is 0.532. The van der Waals surface area contributed by atoms with Gasteiger partial charge in [-0.1, -0.05) is 66.7 Å². The molecule has 0 radical (unpaired) electrons. The maximum Gasteiger partial charge on any atom is -0.0383 e. The Balaban J connectivity index is 3.49. The van der Waals surface area contributed by atoms with Gasteiger partial charge < -0.3 is 0 Å². The first-order valence-corrected chi connectivity index (χ1v) is 5.99. The summed E-state index contributed by atoms with van der Waals surface area (Å²) >= 11 is 0. The normalized spacial score (nSPS) is 14.5. The first-order chi connectivity index (χ1) is 5.99. The fourth-order valence-corrected chi connectivity index (χ4v) is 1.88. The second kappa shape index (κ2) is 6.45. The standard InChI is InChI=1S/C13H28/c1-6-9-12(7-2)10-8-11-13(3,4)5/h12H,6-11H2,1-5H3. The maximum atomic E-state index is 2.34. The van der Waals surface area contributed by atoms with E-state index in [1.165, 1.54) is 38.5 Å². The van der Waals surface area contributed by atoms with Gasteiger partial charge in [-0.25, -0.2) is 0 Å². The first kappa shape index (κ1) is 13.0. The minimum absolute atomic E-state index is 0.532. The lowest BCUT2D eigenvalue weighted by atomic mass is 9.86. The van der Waals surface area contributed by atoms with Crippen molar-refractivity contribution in [2.45, 2.75) is 73.1 Å². The topological polar surface area (TPSA) is 0 Å². The average molecular weight is 184 g/mol. The molecule has 0 saturated heterocycles. The molecule has 13 heavy (non-hydrogen) atoms. The minimum Gasteiger partial charge on any atom is -0.0654 e. The smallest absolute Gasteiger partial charge is 0.0383 e. The first-order valence-electron chi connectivity index (χ1n) is 5.99. The van der Waals surface area contributed by atoms with Crippen LogP contribution in [0, 0.1) is 11.3 Å². The highest BCUT2D eigenvalue weighted by Crippen LogP contribution is 2.25. The molecule has 0 heteroatoms. The summed E-state index contributed by atoms with van der Waals surface area (Å²) in [4.78, 5) is 0. The highest BCUT2D eigenvalue weighted by atomic mass is 14.2. The van der Waals surface area contributed by atoms with E-state index in [1.807, 2.05) is 0 Å². The quantitative estimate of drug-likeness (QED) is 0.543. The van der Waals surface area contributed by atoms with Gasteiger partial charge >= 0.3 is 0 Å². The summed E-state index contributed by atoms with van der Waals surface area (Å²) in [5.74, 6) is 0.993. The number of hydrogen-bond donors (Lipinski definition) is 0. The molecule has 0 aromatic heterocycles. The molecular formula is C13H28. The van der Waals surface area contributed by atoms with Crippen LogP contribution in [-0.4, -0.2) is 0 Å². The van der Waals surface area contributed by atoms with Gasteiger partial charge in [-0.2, -0.15) is 0 Å². The molecule has 0 saturated carbocycles. The molecule has 80 valence electrons. The zero-order valence-electron chi connectivity index (χ0n) is 10.3. The van der Waals surface area contributed by atoms with Gasteiger partial charge in [0.15, 0.2) is 0 Å². The van der Waals surface area contributed by atoms with Crippen molar-refractivity contribution in [1.82, 2.24) is 0 Å². The lowest BCUT2D eigenvalue weighted by molar-refractivity contribution is 0.327. The van der Waals surface area contributed by atoms with Gasteiger partial charge in [-0.3, -0.25) is 0 Å². The Labute approximate surface area is 85.1 Å². The fourth-order valence-electron chi connectivity index (χ4n) is 1.88. The van der Waals surface area contributed by atoms with E-state index in [9.17, 15) is 0 Å². The molecule has 0 amide bonds. The second-order valence-corrected chi connectivity index (χ2v) is 5.52. The largest absolute Gasteiger partial charge is 0.0654 e. The van der Waals surface area contributed by atoms with Crippen molar-refractivity contribution >= 4 is 0 Å². The summed E-state index contributed by atoms with van der Waals surface area (Å²) in [5, 5.41) is 0. The molecule has 0 N–H and O–H groups in total. The Hall–Kier alpha value is 0. The highest BCUT2D eigenvalue weighted by Gasteiger charge is 2.11. The zero-order chi connectivity index (χ0) is 10.3. The monoisotopic (exact) mass is 184 g/mol. The molecule has 0 heterocycles. The third kappa shape index (κ3) is 8.33. The predicted octanol–water partition coefficient (Wildman–Crippen LogP) is 5.03. The molecule has 0 aromatic carbocycles. The molecule has 0 bridgehead atoms. The van der Waals surface area contributed by atoms with Crippen LogP contribution in [0.15, 0.2) is 0 Å². The van der Waals surface area contributed by atoms with Crippen LogP contribution in [0.5, 0.6) is 0 Å². The third-order valence-corrected chi connectivity index (χ3v) is 2.81. The Morgan fingerprint density at radius 1 is 1.00 bits per heavy atom. The van der Waals surface area contributed by atoms with Gasteiger partial charge in [0.2, 0.25) is 0 Å². The van der Waals surface area contributed by atoms with Crippen LogP contribution in [0.3, 0.4) is 0 Å². The molecule has 0 fully saturated rings. The van der Waals surface area contributed by atoms with Crippen LogP contribution >= 0.6 is 0 Å². The number of hydrogen-bond acceptors (Lipinski definition) is 0. The van der Waals surface area contributed by atoms with Crippen LogP contribution in [-0.2, 0) is 0 Å². The Morgan fingerprint density at radius 2 is 1.62 bits per heavy atom. The third-order valence-electron chi connectivity index (χ3n) is 2.81. The summed E-state index contributed by atoms with van der Waals surface area (Å²) < 4.78 is 0.